The van der Waals surface area contributed by atoms with Crippen molar-refractivity contribution in [1.29, 1.82) is 0 Å². The molecule has 0 rings (SSSR count). The normalized spacial score (nSPS) is 13.1. The Morgan fingerprint density at radius 2 is 1.45 bits per heavy atom. The van der Waals surface area contributed by atoms with Crippen molar-refractivity contribution in [2.45, 2.75) is 65.9 Å². The van der Waals surface area contributed by atoms with Crippen molar-refractivity contribution in [3.8, 4) is 0 Å². The molecule has 0 aliphatic rings. The fraction of sp³-hybridized carbons (Fsp3) is 0.750. The molecule has 6 heteroatoms. The number of ether oxygens (including phenoxy) is 2. The van der Waals surface area contributed by atoms with E-state index in [1.165, 1.54) is 13.8 Å². The molecule has 0 N–H and O–H groups in total. The summed E-state index contributed by atoms with van der Waals surface area (Å²) in [5.41, 5.74) is 0. The van der Waals surface area contributed by atoms with Gasteiger partial charge in [-0.2, -0.15) is 0 Å². The Labute approximate surface area is 131 Å². The van der Waals surface area contributed by atoms with E-state index in [1.807, 2.05) is 13.8 Å². The van der Waals surface area contributed by atoms with Gasteiger partial charge in [0, 0.05) is 5.92 Å². The van der Waals surface area contributed by atoms with Crippen LogP contribution in [0.1, 0.15) is 59.8 Å². The number of Topliss-reactive ketones (excluding diaryl/α,β-unsaturated/α-hetero) is 2. The molecule has 0 amide bonds. The molecule has 0 radical (unpaired) electrons. The molecule has 0 aromatic rings. The lowest BCUT2D eigenvalue weighted by atomic mass is 9.96. The van der Waals surface area contributed by atoms with Crippen LogP contribution < -0.4 is 0 Å². The minimum atomic E-state index is -0.573. The van der Waals surface area contributed by atoms with Gasteiger partial charge in [0.05, 0.1) is 6.61 Å². The van der Waals surface area contributed by atoms with Crippen LogP contribution in [0.4, 0.5) is 0 Å². The molecule has 6 nitrogen and oxygen atoms in total. The Morgan fingerprint density at radius 3 is 1.91 bits per heavy atom. The lowest BCUT2D eigenvalue weighted by Gasteiger charge is -2.25. The van der Waals surface area contributed by atoms with Crippen LogP contribution in [0.3, 0.4) is 0 Å². The standard InChI is InChI=1S/C16H26O6/c1-5-7-14(22-16(20)9-12(4)18)13(6-2)10-21-15(19)8-11(3)17/h13-14H,5-10H2,1-4H3. The van der Waals surface area contributed by atoms with Gasteiger partial charge in [0.1, 0.15) is 30.5 Å². The van der Waals surface area contributed by atoms with Crippen molar-refractivity contribution >= 4 is 23.5 Å². The molecule has 0 saturated heterocycles. The van der Waals surface area contributed by atoms with Gasteiger partial charge in [0.2, 0.25) is 0 Å². The van der Waals surface area contributed by atoms with Crippen LogP contribution in [0.25, 0.3) is 0 Å². The fourth-order valence-corrected chi connectivity index (χ4v) is 2.03. The van der Waals surface area contributed by atoms with E-state index in [1.54, 1.807) is 0 Å². The molecule has 0 aliphatic carbocycles. The third kappa shape index (κ3) is 9.26. The van der Waals surface area contributed by atoms with Gasteiger partial charge in [-0.3, -0.25) is 19.2 Å². The third-order valence-electron chi connectivity index (χ3n) is 3.15. The summed E-state index contributed by atoms with van der Waals surface area (Å²) < 4.78 is 10.4. The smallest absolute Gasteiger partial charge is 0.313 e. The zero-order chi connectivity index (χ0) is 17.1. The van der Waals surface area contributed by atoms with Crippen molar-refractivity contribution in [2.75, 3.05) is 6.61 Å². The summed E-state index contributed by atoms with van der Waals surface area (Å²) >= 11 is 0. The van der Waals surface area contributed by atoms with Crippen molar-refractivity contribution in [2.24, 2.45) is 5.92 Å². The van der Waals surface area contributed by atoms with Crippen molar-refractivity contribution in [3.05, 3.63) is 0 Å². The quantitative estimate of drug-likeness (QED) is 0.429. The number of ketones is 2. The monoisotopic (exact) mass is 314 g/mol. The Kier molecular flexibility index (Phi) is 10.1. The minimum absolute atomic E-state index is 0.0978. The Balaban J connectivity index is 4.58. The molecule has 0 saturated carbocycles. The average molecular weight is 314 g/mol. The maximum Gasteiger partial charge on any atom is 0.313 e. The molecule has 0 aromatic heterocycles. The molecule has 0 bridgehead atoms. The first-order valence-electron chi connectivity index (χ1n) is 7.64. The highest BCUT2D eigenvalue weighted by atomic mass is 16.6. The Hall–Kier alpha value is -1.72. The SMILES string of the molecule is CCCC(OC(=O)CC(C)=O)C(CC)COC(=O)CC(C)=O. The van der Waals surface area contributed by atoms with Crippen LogP contribution in [0.5, 0.6) is 0 Å². The molecular formula is C16H26O6. The van der Waals surface area contributed by atoms with Gasteiger partial charge in [-0.1, -0.05) is 20.3 Å². The average Bonchev–Trinajstić information content (AvgIpc) is 2.37. The van der Waals surface area contributed by atoms with E-state index in [0.29, 0.717) is 12.8 Å². The molecule has 2 unspecified atom stereocenters. The summed E-state index contributed by atoms with van der Waals surface area (Å²) in [6.07, 6.45) is 1.19. The first-order valence-corrected chi connectivity index (χ1v) is 7.64. The van der Waals surface area contributed by atoms with E-state index in [4.69, 9.17) is 9.47 Å². The predicted molar refractivity (Wildman–Crippen MR) is 80.1 cm³/mol. The van der Waals surface area contributed by atoms with Crippen molar-refractivity contribution in [3.63, 3.8) is 0 Å². The van der Waals surface area contributed by atoms with E-state index >= 15 is 0 Å². The summed E-state index contributed by atoms with van der Waals surface area (Å²) in [5, 5.41) is 0. The number of hydrogen-bond acceptors (Lipinski definition) is 6. The van der Waals surface area contributed by atoms with Gasteiger partial charge in [0.15, 0.2) is 0 Å². The molecule has 0 spiro atoms. The van der Waals surface area contributed by atoms with E-state index in [0.717, 1.165) is 6.42 Å². The topological polar surface area (TPSA) is 86.7 Å². The number of carbonyl (C=O) groups excluding carboxylic acids is 4. The Morgan fingerprint density at radius 1 is 0.909 bits per heavy atom. The highest BCUT2D eigenvalue weighted by molar-refractivity contribution is 5.94. The van der Waals surface area contributed by atoms with Crippen LogP contribution in [0, 0.1) is 5.92 Å². The maximum atomic E-state index is 11.6. The lowest BCUT2D eigenvalue weighted by Crippen LogP contribution is -2.31. The first-order chi connectivity index (χ1) is 10.3. The van der Waals surface area contributed by atoms with Crippen LogP contribution in [0.15, 0.2) is 0 Å². The van der Waals surface area contributed by atoms with Gasteiger partial charge in [-0.25, -0.2) is 0 Å². The summed E-state index contributed by atoms with van der Waals surface area (Å²) in [4.78, 5) is 44.9. The van der Waals surface area contributed by atoms with Gasteiger partial charge in [-0.15, -0.1) is 0 Å². The highest BCUT2D eigenvalue weighted by Gasteiger charge is 2.25. The molecule has 0 fully saturated rings. The number of hydrogen-bond donors (Lipinski definition) is 0. The number of rotatable bonds is 11. The number of esters is 2. The summed E-state index contributed by atoms with van der Waals surface area (Å²) in [5.74, 6) is -1.78. The van der Waals surface area contributed by atoms with Crippen molar-refractivity contribution < 1.29 is 28.7 Å². The molecule has 22 heavy (non-hydrogen) atoms. The summed E-state index contributed by atoms with van der Waals surface area (Å²) in [6.45, 7) is 6.62. The molecular weight excluding hydrogens is 288 g/mol. The van der Waals surface area contributed by atoms with Crippen LogP contribution in [-0.4, -0.2) is 36.2 Å². The zero-order valence-corrected chi connectivity index (χ0v) is 13.8. The van der Waals surface area contributed by atoms with E-state index in [2.05, 4.69) is 0 Å². The van der Waals surface area contributed by atoms with Gasteiger partial charge < -0.3 is 9.47 Å². The largest absolute Gasteiger partial charge is 0.465 e. The van der Waals surface area contributed by atoms with Gasteiger partial charge in [-0.05, 0) is 26.7 Å². The molecule has 0 aliphatic heterocycles. The second-order valence-electron chi connectivity index (χ2n) is 5.43. The number of carbonyl (C=O) groups is 4. The Bertz CT molecular complexity index is 401. The first kappa shape index (κ1) is 20.3. The van der Waals surface area contributed by atoms with E-state index < -0.39 is 18.0 Å². The third-order valence-corrected chi connectivity index (χ3v) is 3.15. The van der Waals surface area contributed by atoms with Crippen LogP contribution >= 0.6 is 0 Å². The van der Waals surface area contributed by atoms with Gasteiger partial charge >= 0.3 is 11.9 Å². The second-order valence-corrected chi connectivity index (χ2v) is 5.43. The molecule has 2 atom stereocenters. The maximum absolute atomic E-state index is 11.6. The van der Waals surface area contributed by atoms with Crippen LogP contribution in [0.2, 0.25) is 0 Å². The van der Waals surface area contributed by atoms with E-state index in [9.17, 15) is 19.2 Å². The lowest BCUT2D eigenvalue weighted by molar-refractivity contribution is -0.157. The molecule has 0 aromatic carbocycles. The minimum Gasteiger partial charge on any atom is -0.465 e. The fourth-order valence-electron chi connectivity index (χ4n) is 2.03. The summed E-state index contributed by atoms with van der Waals surface area (Å²) in [6, 6.07) is 0. The van der Waals surface area contributed by atoms with E-state index in [-0.39, 0.29) is 36.9 Å². The second kappa shape index (κ2) is 10.9. The highest BCUT2D eigenvalue weighted by Crippen LogP contribution is 2.19. The zero-order valence-electron chi connectivity index (χ0n) is 13.8. The van der Waals surface area contributed by atoms with Crippen LogP contribution in [-0.2, 0) is 28.7 Å². The predicted octanol–water partition coefficient (Wildman–Crippen LogP) is 2.23. The summed E-state index contributed by atoms with van der Waals surface area (Å²) in [7, 11) is 0. The van der Waals surface area contributed by atoms with Crippen molar-refractivity contribution in [1.82, 2.24) is 0 Å². The van der Waals surface area contributed by atoms with Gasteiger partial charge in [0.25, 0.3) is 0 Å². The molecule has 126 valence electrons. The molecule has 0 heterocycles.